The van der Waals surface area contributed by atoms with Gasteiger partial charge >= 0.3 is 0 Å². The summed E-state index contributed by atoms with van der Waals surface area (Å²) in [5.41, 5.74) is -5.17. The van der Waals surface area contributed by atoms with E-state index < -0.39 is 52.4 Å². The molecular formula is C22H29FO5. The van der Waals surface area contributed by atoms with Crippen molar-refractivity contribution in [1.82, 2.24) is 0 Å². The smallest absolute Gasteiger partial charge is 0.190 e. The Hall–Kier alpha value is -1.37. The van der Waals surface area contributed by atoms with Crippen molar-refractivity contribution < 1.29 is 29.3 Å². The molecule has 3 saturated carbocycles. The topological polar surface area (TPSA) is 94.8 Å². The lowest BCUT2D eigenvalue weighted by Crippen LogP contribution is -2.69. The number of alkyl halides is 1. The molecule has 4 aliphatic carbocycles. The van der Waals surface area contributed by atoms with Crippen molar-refractivity contribution in [2.45, 2.75) is 63.8 Å². The molecule has 0 spiro atoms. The Kier molecular flexibility index (Phi) is 4.15. The van der Waals surface area contributed by atoms with E-state index in [4.69, 9.17) is 0 Å². The van der Waals surface area contributed by atoms with Crippen LogP contribution in [0.3, 0.4) is 0 Å². The summed E-state index contributed by atoms with van der Waals surface area (Å²) in [5.74, 6) is -2.12. The van der Waals surface area contributed by atoms with Crippen molar-refractivity contribution in [2.75, 3.05) is 6.61 Å². The highest BCUT2D eigenvalue weighted by atomic mass is 19.1. The van der Waals surface area contributed by atoms with Gasteiger partial charge in [-0.1, -0.05) is 25.5 Å². The summed E-state index contributed by atoms with van der Waals surface area (Å²) < 4.78 is 16.9. The van der Waals surface area contributed by atoms with Crippen LogP contribution in [0.25, 0.3) is 0 Å². The number of ketones is 2. The minimum atomic E-state index is -1.98. The highest BCUT2D eigenvalue weighted by molar-refractivity contribution is 6.01. The van der Waals surface area contributed by atoms with Gasteiger partial charge in [-0.15, -0.1) is 0 Å². The van der Waals surface area contributed by atoms with Crippen molar-refractivity contribution >= 4 is 11.6 Å². The van der Waals surface area contributed by atoms with Crippen LogP contribution in [0.2, 0.25) is 0 Å². The first-order valence-corrected chi connectivity index (χ1v) is 10.1. The summed E-state index contributed by atoms with van der Waals surface area (Å²) in [5, 5.41) is 32.0. The van der Waals surface area contributed by atoms with Crippen molar-refractivity contribution in [3.05, 3.63) is 23.8 Å². The summed E-state index contributed by atoms with van der Waals surface area (Å²) >= 11 is 0. The maximum Gasteiger partial charge on any atom is 0.190 e. The van der Waals surface area contributed by atoms with E-state index in [9.17, 15) is 24.9 Å². The quantitative estimate of drug-likeness (QED) is 0.667. The molecule has 0 saturated heterocycles. The molecule has 154 valence electrons. The fourth-order valence-corrected chi connectivity index (χ4v) is 7.26. The van der Waals surface area contributed by atoms with Gasteiger partial charge in [-0.3, -0.25) is 9.59 Å². The molecule has 0 aromatic rings. The van der Waals surface area contributed by atoms with Crippen LogP contribution < -0.4 is 0 Å². The number of Topliss-reactive ketones (excluding diaryl/α,β-unsaturated/α-hetero) is 1. The van der Waals surface area contributed by atoms with Crippen LogP contribution in [-0.4, -0.2) is 50.9 Å². The lowest BCUT2D eigenvalue weighted by molar-refractivity contribution is -0.219. The second kappa shape index (κ2) is 5.83. The number of carbonyl (C=O) groups is 2. The van der Waals surface area contributed by atoms with E-state index in [1.165, 1.54) is 12.2 Å². The van der Waals surface area contributed by atoms with Crippen molar-refractivity contribution in [3.63, 3.8) is 0 Å². The molecule has 3 N–H and O–H groups in total. The van der Waals surface area contributed by atoms with Crippen LogP contribution in [0.1, 0.15) is 46.5 Å². The zero-order valence-corrected chi connectivity index (χ0v) is 16.6. The molecule has 0 heterocycles. The number of fused-ring (bicyclic) bond motifs is 5. The van der Waals surface area contributed by atoms with E-state index in [1.54, 1.807) is 26.8 Å². The number of aliphatic hydroxyl groups is 3. The number of hydrogen-bond donors (Lipinski definition) is 3. The standard InChI is InChI=1S/C22H29FO5/c1-12-8-16-15-5-4-13-9-14(25)6-7-19(13,2)21(15,23)17(26)10-20(16,3)22(12,28)18(27)11-24/h6-7,9,12,15-17,24,26,28H,4-5,8,10-11H2,1-3H3/t12-,15+,16-,17-,19-,20-,21-,22-/m0/s1. The average molecular weight is 392 g/mol. The zero-order valence-electron chi connectivity index (χ0n) is 16.6. The van der Waals surface area contributed by atoms with E-state index in [1.807, 2.05) is 0 Å². The van der Waals surface area contributed by atoms with E-state index in [-0.39, 0.29) is 18.1 Å². The van der Waals surface area contributed by atoms with Gasteiger partial charge in [-0.2, -0.15) is 0 Å². The molecule has 5 nitrogen and oxygen atoms in total. The van der Waals surface area contributed by atoms with Crippen LogP contribution in [-0.2, 0) is 9.59 Å². The third-order valence-corrected chi connectivity index (χ3v) is 8.79. The number of allylic oxidation sites excluding steroid dienone is 4. The van der Waals surface area contributed by atoms with E-state index >= 15 is 4.39 Å². The lowest BCUT2D eigenvalue weighted by atomic mass is 9.44. The van der Waals surface area contributed by atoms with Crippen molar-refractivity contribution in [3.8, 4) is 0 Å². The average Bonchev–Trinajstić information content (AvgIpc) is 2.84. The van der Waals surface area contributed by atoms with Gasteiger partial charge in [0.1, 0.15) is 12.2 Å². The summed E-state index contributed by atoms with van der Waals surface area (Å²) in [7, 11) is 0. The third-order valence-electron chi connectivity index (χ3n) is 8.79. The highest BCUT2D eigenvalue weighted by Gasteiger charge is 2.75. The van der Waals surface area contributed by atoms with Gasteiger partial charge in [-0.05, 0) is 56.6 Å². The van der Waals surface area contributed by atoms with Gasteiger partial charge in [0.05, 0.1) is 6.10 Å². The lowest BCUT2D eigenvalue weighted by Gasteiger charge is -2.62. The molecule has 8 atom stereocenters. The number of hydrogen-bond acceptors (Lipinski definition) is 5. The Labute approximate surface area is 164 Å². The summed E-state index contributed by atoms with van der Waals surface area (Å²) in [4.78, 5) is 24.4. The molecule has 0 aromatic carbocycles. The molecule has 28 heavy (non-hydrogen) atoms. The second-order valence-corrected chi connectivity index (χ2v) is 9.75. The molecule has 6 heteroatoms. The summed E-state index contributed by atoms with van der Waals surface area (Å²) in [6.07, 6.45) is 4.44. The molecule has 0 aliphatic heterocycles. The van der Waals surface area contributed by atoms with Gasteiger partial charge in [0.2, 0.25) is 0 Å². The Morgan fingerprint density at radius 3 is 2.64 bits per heavy atom. The normalized spacial score (nSPS) is 52.5. The Morgan fingerprint density at radius 2 is 2.00 bits per heavy atom. The van der Waals surface area contributed by atoms with E-state index in [2.05, 4.69) is 0 Å². The number of halogens is 1. The monoisotopic (exact) mass is 392 g/mol. The predicted octanol–water partition coefficient (Wildman–Crippen LogP) is 1.90. The van der Waals surface area contributed by atoms with E-state index in [0.29, 0.717) is 24.8 Å². The third kappa shape index (κ3) is 2.01. The maximum atomic E-state index is 16.9. The maximum absolute atomic E-state index is 16.9. The molecule has 3 fully saturated rings. The Bertz CT molecular complexity index is 805. The fraction of sp³-hybridized carbons (Fsp3) is 0.727. The first kappa shape index (κ1) is 19.9. The van der Waals surface area contributed by atoms with Gasteiger partial charge in [0.15, 0.2) is 17.2 Å². The molecule has 0 radical (unpaired) electrons. The summed E-state index contributed by atoms with van der Waals surface area (Å²) in [6.45, 7) is 4.48. The van der Waals surface area contributed by atoms with Gasteiger partial charge in [0, 0.05) is 16.7 Å². The van der Waals surface area contributed by atoms with Crippen LogP contribution in [0, 0.1) is 28.6 Å². The SMILES string of the molecule is C[C@H]1C[C@H]2[C@H]3CCC4=CC(=O)C=C[C@]4(C)[C@@]3(F)[C@@H](O)C[C@]2(C)[C@@]1(O)C(=O)CO. The Morgan fingerprint density at radius 1 is 1.32 bits per heavy atom. The van der Waals surface area contributed by atoms with Crippen LogP contribution in [0.4, 0.5) is 4.39 Å². The number of carbonyl (C=O) groups excluding carboxylic acids is 2. The molecule has 0 unspecified atom stereocenters. The van der Waals surface area contributed by atoms with Gasteiger partial charge < -0.3 is 15.3 Å². The van der Waals surface area contributed by atoms with Gasteiger partial charge in [0.25, 0.3) is 0 Å². The number of rotatable bonds is 2. The van der Waals surface area contributed by atoms with E-state index in [0.717, 1.165) is 0 Å². The largest absolute Gasteiger partial charge is 0.390 e. The summed E-state index contributed by atoms with van der Waals surface area (Å²) in [6, 6.07) is 0. The Balaban J connectivity index is 1.84. The first-order valence-electron chi connectivity index (χ1n) is 10.1. The molecule has 0 bridgehead atoms. The number of aliphatic hydroxyl groups excluding tert-OH is 2. The first-order chi connectivity index (χ1) is 13.0. The van der Waals surface area contributed by atoms with Gasteiger partial charge in [-0.25, -0.2) is 4.39 Å². The zero-order chi connectivity index (χ0) is 20.7. The molecule has 4 rings (SSSR count). The fourth-order valence-electron chi connectivity index (χ4n) is 7.26. The second-order valence-electron chi connectivity index (χ2n) is 9.75. The highest BCUT2D eigenvalue weighted by Crippen LogP contribution is 2.70. The van der Waals surface area contributed by atoms with Crippen molar-refractivity contribution in [2.24, 2.45) is 28.6 Å². The van der Waals surface area contributed by atoms with Crippen LogP contribution >= 0.6 is 0 Å². The molecule has 0 aromatic heterocycles. The molecule has 0 amide bonds. The van der Waals surface area contributed by atoms with Crippen LogP contribution in [0.5, 0.6) is 0 Å². The molecular weight excluding hydrogens is 363 g/mol. The minimum Gasteiger partial charge on any atom is -0.390 e. The predicted molar refractivity (Wildman–Crippen MR) is 99.9 cm³/mol. The van der Waals surface area contributed by atoms with Crippen LogP contribution in [0.15, 0.2) is 23.8 Å². The van der Waals surface area contributed by atoms with Crippen molar-refractivity contribution in [1.29, 1.82) is 0 Å². The minimum absolute atomic E-state index is 0.0676. The molecule has 4 aliphatic rings.